The first-order valence-electron chi connectivity index (χ1n) is 6.57. The molecule has 1 N–H and O–H groups in total. The molecule has 1 saturated heterocycles. The number of rotatable bonds is 4. The molecule has 0 unspecified atom stereocenters. The van der Waals surface area contributed by atoms with E-state index in [1.807, 2.05) is 0 Å². The molecule has 0 radical (unpaired) electrons. The lowest BCUT2D eigenvalue weighted by molar-refractivity contribution is -0.0667. The Hall–Kier alpha value is -1.64. The normalized spacial score (nSPS) is 32.2. The summed E-state index contributed by atoms with van der Waals surface area (Å²) in [5.41, 5.74) is 0.584. The van der Waals surface area contributed by atoms with Gasteiger partial charge in [-0.3, -0.25) is 0 Å². The van der Waals surface area contributed by atoms with Crippen LogP contribution < -0.4 is 5.32 Å². The van der Waals surface area contributed by atoms with Crippen molar-refractivity contribution in [3.8, 4) is 6.07 Å². The number of nitrogens with zero attached hydrogens (tertiary/aromatic N) is 2. The molecule has 1 saturated carbocycles. The number of aromatic nitrogens is 1. The number of fused-ring (bicyclic) bond motifs is 1. The molecule has 0 spiro atoms. The molecule has 3 rings (SSSR count). The second-order valence-electron chi connectivity index (χ2n) is 5.09. The predicted molar refractivity (Wildman–Crippen MR) is 69.6 cm³/mol. The van der Waals surface area contributed by atoms with Gasteiger partial charge in [0, 0.05) is 37.8 Å². The van der Waals surface area contributed by atoms with Gasteiger partial charge in [0.05, 0.1) is 18.3 Å². The highest BCUT2D eigenvalue weighted by atomic mass is 16.5. The first kappa shape index (κ1) is 12.4. The highest BCUT2D eigenvalue weighted by molar-refractivity contribution is 5.52. The SMILES string of the molecule is COC[C@@H]1[C@@H](Nc2ncccc2C#N)[C@@H]2CCO[C@H]12. The maximum Gasteiger partial charge on any atom is 0.144 e. The van der Waals surface area contributed by atoms with Gasteiger partial charge in [0.15, 0.2) is 0 Å². The van der Waals surface area contributed by atoms with Crippen molar-refractivity contribution in [2.75, 3.05) is 25.6 Å². The second kappa shape index (κ2) is 5.16. The highest BCUT2D eigenvalue weighted by Gasteiger charge is 2.53. The molecule has 2 heterocycles. The number of ether oxygens (including phenoxy) is 2. The maximum absolute atomic E-state index is 9.10. The first-order chi connectivity index (χ1) is 9.35. The fraction of sp³-hybridized carbons (Fsp3) is 0.571. The predicted octanol–water partition coefficient (Wildman–Crippen LogP) is 1.42. The van der Waals surface area contributed by atoms with Crippen LogP contribution in [-0.2, 0) is 9.47 Å². The Labute approximate surface area is 112 Å². The van der Waals surface area contributed by atoms with Crippen molar-refractivity contribution in [2.24, 2.45) is 11.8 Å². The van der Waals surface area contributed by atoms with Crippen LogP contribution in [0.4, 0.5) is 5.82 Å². The van der Waals surface area contributed by atoms with Crippen LogP contribution in [0.1, 0.15) is 12.0 Å². The van der Waals surface area contributed by atoms with Crippen LogP contribution in [0.15, 0.2) is 18.3 Å². The summed E-state index contributed by atoms with van der Waals surface area (Å²) in [4.78, 5) is 4.26. The largest absolute Gasteiger partial charge is 0.384 e. The van der Waals surface area contributed by atoms with E-state index < -0.39 is 0 Å². The monoisotopic (exact) mass is 259 g/mol. The standard InChI is InChI=1S/C14H17N3O2/c1-18-8-11-12(10-4-6-19-13(10)11)17-14-9(7-15)3-2-5-16-14/h2-3,5,10-13H,4,6,8H2,1H3,(H,16,17)/t10-,11+,12-,13-/m0/s1. The quantitative estimate of drug-likeness (QED) is 0.885. The Bertz CT molecular complexity index is 500. The molecule has 5 nitrogen and oxygen atoms in total. The van der Waals surface area contributed by atoms with Gasteiger partial charge in [0.2, 0.25) is 0 Å². The van der Waals surface area contributed by atoms with Gasteiger partial charge >= 0.3 is 0 Å². The van der Waals surface area contributed by atoms with E-state index in [0.29, 0.717) is 35.9 Å². The molecule has 2 aliphatic rings. The number of nitriles is 1. The van der Waals surface area contributed by atoms with Gasteiger partial charge in [-0.1, -0.05) is 0 Å². The minimum Gasteiger partial charge on any atom is -0.384 e. The van der Waals surface area contributed by atoms with Gasteiger partial charge < -0.3 is 14.8 Å². The molecule has 0 amide bonds. The van der Waals surface area contributed by atoms with E-state index >= 15 is 0 Å². The molecule has 4 atom stereocenters. The fourth-order valence-corrected chi connectivity index (χ4v) is 3.20. The van der Waals surface area contributed by atoms with Crippen molar-refractivity contribution in [1.29, 1.82) is 5.26 Å². The van der Waals surface area contributed by atoms with Gasteiger partial charge in [0.1, 0.15) is 11.9 Å². The number of hydrogen-bond acceptors (Lipinski definition) is 5. The molecule has 2 fully saturated rings. The summed E-state index contributed by atoms with van der Waals surface area (Å²) in [6.45, 7) is 1.49. The smallest absolute Gasteiger partial charge is 0.144 e. The van der Waals surface area contributed by atoms with Crippen molar-refractivity contribution < 1.29 is 9.47 Å². The third kappa shape index (κ3) is 2.07. The number of nitrogens with one attached hydrogen (secondary N) is 1. The average Bonchev–Trinajstić information content (AvgIpc) is 2.87. The molecule has 19 heavy (non-hydrogen) atoms. The van der Waals surface area contributed by atoms with Crippen molar-refractivity contribution in [2.45, 2.75) is 18.6 Å². The van der Waals surface area contributed by atoms with E-state index in [1.165, 1.54) is 0 Å². The molecule has 0 bridgehead atoms. The summed E-state index contributed by atoms with van der Waals surface area (Å²) in [6, 6.07) is 6.01. The molecule has 1 aliphatic carbocycles. The van der Waals surface area contributed by atoms with Crippen LogP contribution in [0.2, 0.25) is 0 Å². The number of hydrogen-bond donors (Lipinski definition) is 1. The average molecular weight is 259 g/mol. The fourth-order valence-electron chi connectivity index (χ4n) is 3.20. The third-order valence-electron chi connectivity index (χ3n) is 4.12. The van der Waals surface area contributed by atoms with Gasteiger partial charge in [-0.25, -0.2) is 4.98 Å². The zero-order valence-corrected chi connectivity index (χ0v) is 10.9. The van der Waals surface area contributed by atoms with Crippen molar-refractivity contribution in [3.63, 3.8) is 0 Å². The third-order valence-corrected chi connectivity index (χ3v) is 4.12. The lowest BCUT2D eigenvalue weighted by atomic mass is 9.67. The van der Waals surface area contributed by atoms with Gasteiger partial charge in [-0.2, -0.15) is 5.26 Å². The minimum atomic E-state index is 0.287. The van der Waals surface area contributed by atoms with E-state index in [1.54, 1.807) is 25.4 Å². The number of pyridine rings is 1. The van der Waals surface area contributed by atoms with Crippen LogP contribution in [0.3, 0.4) is 0 Å². The Morgan fingerprint density at radius 1 is 1.63 bits per heavy atom. The van der Waals surface area contributed by atoms with Crippen molar-refractivity contribution >= 4 is 5.82 Å². The molecule has 1 aliphatic heterocycles. The molecule has 100 valence electrons. The van der Waals surface area contributed by atoms with E-state index in [2.05, 4.69) is 16.4 Å². The minimum absolute atomic E-state index is 0.287. The van der Waals surface area contributed by atoms with E-state index in [-0.39, 0.29) is 6.04 Å². The molecule has 5 heteroatoms. The summed E-state index contributed by atoms with van der Waals surface area (Å²) in [5, 5.41) is 12.5. The van der Waals surface area contributed by atoms with Crippen LogP contribution in [-0.4, -0.2) is 37.5 Å². The topological polar surface area (TPSA) is 67.2 Å². The number of methoxy groups -OCH3 is 1. The van der Waals surface area contributed by atoms with E-state index in [4.69, 9.17) is 14.7 Å². The van der Waals surface area contributed by atoms with Crippen LogP contribution in [0.5, 0.6) is 0 Å². The Kier molecular flexibility index (Phi) is 3.36. The Morgan fingerprint density at radius 2 is 2.53 bits per heavy atom. The zero-order valence-electron chi connectivity index (χ0n) is 10.9. The second-order valence-corrected chi connectivity index (χ2v) is 5.09. The molecule has 1 aromatic rings. The summed E-state index contributed by atoms with van der Waals surface area (Å²) in [6.07, 6.45) is 3.07. The van der Waals surface area contributed by atoms with Crippen LogP contribution in [0, 0.1) is 23.2 Å². The summed E-state index contributed by atoms with van der Waals surface area (Å²) in [5.74, 6) is 1.52. The van der Waals surface area contributed by atoms with E-state index in [0.717, 1.165) is 13.0 Å². The van der Waals surface area contributed by atoms with Gasteiger partial charge in [-0.05, 0) is 18.6 Å². The Balaban J connectivity index is 1.76. The Morgan fingerprint density at radius 3 is 3.32 bits per heavy atom. The lowest BCUT2D eigenvalue weighted by Gasteiger charge is -2.47. The molecular formula is C14H17N3O2. The lowest BCUT2D eigenvalue weighted by Crippen LogP contribution is -2.58. The van der Waals surface area contributed by atoms with Crippen molar-refractivity contribution in [3.05, 3.63) is 23.9 Å². The molecular weight excluding hydrogens is 242 g/mol. The van der Waals surface area contributed by atoms with Crippen LogP contribution >= 0.6 is 0 Å². The first-order valence-corrected chi connectivity index (χ1v) is 6.57. The summed E-state index contributed by atoms with van der Waals surface area (Å²) in [7, 11) is 1.71. The van der Waals surface area contributed by atoms with E-state index in [9.17, 15) is 0 Å². The maximum atomic E-state index is 9.10. The molecule has 1 aromatic heterocycles. The number of anilines is 1. The van der Waals surface area contributed by atoms with Crippen molar-refractivity contribution in [1.82, 2.24) is 4.98 Å². The van der Waals surface area contributed by atoms with Crippen LogP contribution in [0.25, 0.3) is 0 Å². The van der Waals surface area contributed by atoms with Gasteiger partial charge in [-0.15, -0.1) is 0 Å². The summed E-state index contributed by atoms with van der Waals surface area (Å²) >= 11 is 0. The highest BCUT2D eigenvalue weighted by Crippen LogP contribution is 2.45. The summed E-state index contributed by atoms with van der Waals surface area (Å²) < 4.78 is 11.0. The zero-order chi connectivity index (χ0) is 13.2. The molecule has 0 aromatic carbocycles. The van der Waals surface area contributed by atoms with Gasteiger partial charge in [0.25, 0.3) is 0 Å².